The Balaban J connectivity index is 1.61. The van der Waals surface area contributed by atoms with Crippen molar-refractivity contribution in [2.24, 2.45) is 50.7 Å². The van der Waals surface area contributed by atoms with Crippen LogP contribution in [0.15, 0.2) is 11.6 Å². The van der Waals surface area contributed by atoms with Crippen LogP contribution in [-0.4, -0.2) is 18.9 Å². The molecule has 0 amide bonds. The summed E-state index contributed by atoms with van der Waals surface area (Å²) in [7, 11) is 1.59. The Kier molecular flexibility index (Phi) is 5.15. The molecular formula is C30H46O3. The van der Waals surface area contributed by atoms with E-state index in [1.165, 1.54) is 12.8 Å². The summed E-state index contributed by atoms with van der Waals surface area (Å²) in [5.41, 5.74) is 1.63. The highest BCUT2D eigenvalue weighted by atomic mass is 16.5. The van der Waals surface area contributed by atoms with Gasteiger partial charge in [-0.3, -0.25) is 9.59 Å². The SMILES string of the molecule is COC(=O)C12CCCC(C)C1C1=CCC3C4(C)CCC(=O)C(C)(C)C4CCC3(C)C1(C)CC2. The number of carbonyl (C=O) groups excluding carboxylic acids is 2. The largest absolute Gasteiger partial charge is 0.469 e. The highest BCUT2D eigenvalue weighted by molar-refractivity contribution is 5.85. The maximum atomic E-state index is 13.3. The number of hydrogen-bond donors (Lipinski definition) is 0. The lowest BCUT2D eigenvalue weighted by Crippen LogP contribution is -2.64. The summed E-state index contributed by atoms with van der Waals surface area (Å²) < 4.78 is 5.46. The zero-order chi connectivity index (χ0) is 24.0. The van der Waals surface area contributed by atoms with Crippen molar-refractivity contribution in [1.29, 1.82) is 0 Å². The van der Waals surface area contributed by atoms with E-state index >= 15 is 0 Å². The van der Waals surface area contributed by atoms with Gasteiger partial charge in [0.2, 0.25) is 0 Å². The Labute approximate surface area is 201 Å². The summed E-state index contributed by atoms with van der Waals surface area (Å²) >= 11 is 0. The Morgan fingerprint density at radius 3 is 2.39 bits per heavy atom. The Bertz CT molecular complexity index is 900. The zero-order valence-corrected chi connectivity index (χ0v) is 22.2. The van der Waals surface area contributed by atoms with E-state index in [4.69, 9.17) is 4.74 Å². The molecule has 8 unspecified atom stereocenters. The summed E-state index contributed by atoms with van der Waals surface area (Å²) in [4.78, 5) is 26.2. The number of carbonyl (C=O) groups is 2. The van der Waals surface area contributed by atoms with Gasteiger partial charge in [0, 0.05) is 11.8 Å². The van der Waals surface area contributed by atoms with E-state index in [-0.39, 0.29) is 33.0 Å². The molecule has 0 bridgehead atoms. The minimum atomic E-state index is -0.318. The molecule has 0 aromatic heterocycles. The molecule has 8 atom stereocenters. The average molecular weight is 455 g/mol. The number of hydrogen-bond acceptors (Lipinski definition) is 3. The van der Waals surface area contributed by atoms with Crippen LogP contribution in [0, 0.1) is 50.7 Å². The first-order chi connectivity index (χ1) is 15.4. The van der Waals surface area contributed by atoms with E-state index in [1.807, 2.05) is 0 Å². The topological polar surface area (TPSA) is 43.4 Å². The first kappa shape index (κ1) is 23.6. The highest BCUT2D eigenvalue weighted by Crippen LogP contribution is 2.75. The Morgan fingerprint density at radius 2 is 1.70 bits per heavy atom. The number of Topliss-reactive ketones (excluding diaryl/α,β-unsaturated/α-hetero) is 1. The molecule has 3 heteroatoms. The molecule has 5 rings (SSSR count). The zero-order valence-electron chi connectivity index (χ0n) is 22.2. The normalized spacial score (nSPS) is 50.8. The molecular weight excluding hydrogens is 408 g/mol. The third-order valence-corrected chi connectivity index (χ3v) is 12.7. The highest BCUT2D eigenvalue weighted by Gasteiger charge is 2.69. The monoisotopic (exact) mass is 454 g/mol. The number of ether oxygens (including phenoxy) is 1. The predicted molar refractivity (Wildman–Crippen MR) is 131 cm³/mol. The molecule has 0 N–H and O–H groups in total. The van der Waals surface area contributed by atoms with E-state index in [2.05, 4.69) is 47.6 Å². The van der Waals surface area contributed by atoms with Gasteiger partial charge >= 0.3 is 5.97 Å². The van der Waals surface area contributed by atoms with Gasteiger partial charge in [-0.2, -0.15) is 0 Å². The molecule has 0 spiro atoms. The fraction of sp³-hybridized carbons (Fsp3) is 0.867. The first-order valence-electron chi connectivity index (χ1n) is 13.7. The molecule has 4 fully saturated rings. The van der Waals surface area contributed by atoms with Gasteiger partial charge in [-0.25, -0.2) is 0 Å². The predicted octanol–water partition coefficient (Wildman–Crippen LogP) is 7.14. The number of rotatable bonds is 1. The molecule has 0 radical (unpaired) electrons. The average Bonchev–Trinajstić information content (AvgIpc) is 2.76. The summed E-state index contributed by atoms with van der Waals surface area (Å²) in [5.74, 6) is 2.46. The molecule has 0 aliphatic heterocycles. The fourth-order valence-electron chi connectivity index (χ4n) is 10.7. The van der Waals surface area contributed by atoms with E-state index < -0.39 is 0 Å². The number of allylic oxidation sites excluding steroid dienone is 2. The van der Waals surface area contributed by atoms with Gasteiger partial charge in [0.1, 0.15) is 5.78 Å². The lowest BCUT2D eigenvalue weighted by molar-refractivity contribution is -0.190. The van der Waals surface area contributed by atoms with Gasteiger partial charge in [-0.1, -0.05) is 66.0 Å². The van der Waals surface area contributed by atoms with Gasteiger partial charge in [0.15, 0.2) is 0 Å². The van der Waals surface area contributed by atoms with E-state index in [1.54, 1.807) is 12.7 Å². The van der Waals surface area contributed by atoms with Crippen LogP contribution in [0.4, 0.5) is 0 Å². The van der Waals surface area contributed by atoms with Crippen LogP contribution in [0.3, 0.4) is 0 Å². The molecule has 0 aromatic rings. The molecule has 5 aliphatic carbocycles. The lowest BCUT2D eigenvalue weighted by atomic mass is 9.33. The summed E-state index contributed by atoms with van der Waals surface area (Å²) in [6.07, 6.45) is 13.3. The van der Waals surface area contributed by atoms with Crippen molar-refractivity contribution in [2.75, 3.05) is 7.11 Å². The molecule has 0 aromatic carbocycles. The third-order valence-electron chi connectivity index (χ3n) is 12.7. The molecule has 33 heavy (non-hydrogen) atoms. The van der Waals surface area contributed by atoms with Gasteiger partial charge < -0.3 is 4.74 Å². The molecule has 0 heterocycles. The third kappa shape index (κ3) is 2.74. The smallest absolute Gasteiger partial charge is 0.312 e. The van der Waals surface area contributed by atoms with Crippen molar-refractivity contribution in [3.63, 3.8) is 0 Å². The van der Waals surface area contributed by atoms with Crippen LogP contribution >= 0.6 is 0 Å². The molecule has 4 saturated carbocycles. The van der Waals surface area contributed by atoms with Crippen LogP contribution in [-0.2, 0) is 14.3 Å². The number of esters is 1. The van der Waals surface area contributed by atoms with Gasteiger partial charge in [0.05, 0.1) is 12.5 Å². The number of ketones is 1. The van der Waals surface area contributed by atoms with E-state index in [0.717, 1.165) is 51.4 Å². The van der Waals surface area contributed by atoms with Crippen molar-refractivity contribution >= 4 is 11.8 Å². The summed E-state index contributed by atoms with van der Waals surface area (Å²) in [5, 5.41) is 0. The minimum absolute atomic E-state index is 0.0393. The van der Waals surface area contributed by atoms with Crippen molar-refractivity contribution in [3.8, 4) is 0 Å². The Morgan fingerprint density at radius 1 is 0.970 bits per heavy atom. The van der Waals surface area contributed by atoms with Crippen LogP contribution in [0.25, 0.3) is 0 Å². The Hall–Kier alpha value is -1.12. The second kappa shape index (κ2) is 7.20. The fourth-order valence-corrected chi connectivity index (χ4v) is 10.7. The van der Waals surface area contributed by atoms with E-state index in [0.29, 0.717) is 29.5 Å². The maximum Gasteiger partial charge on any atom is 0.312 e. The molecule has 0 saturated heterocycles. The van der Waals surface area contributed by atoms with Gasteiger partial charge in [-0.15, -0.1) is 0 Å². The van der Waals surface area contributed by atoms with Gasteiger partial charge in [-0.05, 0) is 84.9 Å². The van der Waals surface area contributed by atoms with E-state index in [9.17, 15) is 9.59 Å². The van der Waals surface area contributed by atoms with Crippen LogP contribution in [0.2, 0.25) is 0 Å². The maximum absolute atomic E-state index is 13.3. The standard InChI is InChI=1S/C30H46O3/c1-19-9-8-14-30(25(32)33-7)18-17-28(5)20(24(19)30)10-11-22-27(4)15-13-23(31)26(2,3)21(27)12-16-29(22,28)6/h10,19,21-22,24H,8-9,11-18H2,1-7H3. The number of fused-ring (bicyclic) bond motifs is 7. The molecule has 3 nitrogen and oxygen atoms in total. The molecule has 184 valence electrons. The lowest BCUT2D eigenvalue weighted by Gasteiger charge is -2.70. The van der Waals surface area contributed by atoms with Gasteiger partial charge in [0.25, 0.3) is 0 Å². The minimum Gasteiger partial charge on any atom is -0.469 e. The second-order valence-electron chi connectivity index (χ2n) is 13.9. The van der Waals surface area contributed by atoms with Crippen LogP contribution < -0.4 is 0 Å². The van der Waals surface area contributed by atoms with Crippen molar-refractivity contribution in [2.45, 2.75) is 106 Å². The van der Waals surface area contributed by atoms with Crippen molar-refractivity contribution in [3.05, 3.63) is 11.6 Å². The second-order valence-corrected chi connectivity index (χ2v) is 13.9. The summed E-state index contributed by atoms with van der Waals surface area (Å²) in [6, 6.07) is 0. The van der Waals surface area contributed by atoms with Crippen LogP contribution in [0.5, 0.6) is 0 Å². The first-order valence-corrected chi connectivity index (χ1v) is 13.7. The van der Waals surface area contributed by atoms with Crippen LogP contribution in [0.1, 0.15) is 106 Å². The van der Waals surface area contributed by atoms with Crippen molar-refractivity contribution < 1.29 is 14.3 Å². The molecule has 5 aliphatic rings. The quantitative estimate of drug-likeness (QED) is 0.312. The number of methoxy groups -OCH3 is 1. The van der Waals surface area contributed by atoms with Crippen molar-refractivity contribution in [1.82, 2.24) is 0 Å². The summed E-state index contributed by atoms with van der Waals surface area (Å²) in [6.45, 7) is 14.5.